The van der Waals surface area contributed by atoms with Crippen LogP contribution in [0.15, 0.2) is 36.5 Å². The maximum absolute atomic E-state index is 12.6. The molecule has 0 aliphatic rings. The largest absolute Gasteiger partial charge is 0.472 e. The molecule has 0 aromatic rings. The molecule has 0 radical (unpaired) electrons. The van der Waals surface area contributed by atoms with Crippen LogP contribution in [0.5, 0.6) is 0 Å². The lowest BCUT2D eigenvalue weighted by molar-refractivity contribution is -0.161. The molecule has 55 heavy (non-hydrogen) atoms. The lowest BCUT2D eigenvalue weighted by atomic mass is 10.1. The van der Waals surface area contributed by atoms with E-state index in [1.165, 1.54) is 103 Å². The molecule has 0 saturated carbocycles. The average molecular weight is 801 g/mol. The van der Waals surface area contributed by atoms with Gasteiger partial charge in [-0.2, -0.15) is 0 Å². The van der Waals surface area contributed by atoms with Crippen molar-refractivity contribution in [2.24, 2.45) is 0 Å². The van der Waals surface area contributed by atoms with Crippen LogP contribution in [-0.4, -0.2) is 65.7 Å². The van der Waals surface area contributed by atoms with Gasteiger partial charge in [0.1, 0.15) is 12.7 Å². The number of phosphoric ester groups is 1. The van der Waals surface area contributed by atoms with E-state index in [0.29, 0.717) is 12.8 Å². The number of hydrogen-bond acceptors (Lipinski definition) is 9. The van der Waals surface area contributed by atoms with E-state index in [0.717, 1.165) is 51.4 Å². The van der Waals surface area contributed by atoms with Gasteiger partial charge in [0.05, 0.1) is 19.8 Å². The number of allylic oxidation sites excluding steroid dienone is 6. The van der Waals surface area contributed by atoms with Gasteiger partial charge in [-0.3, -0.25) is 18.6 Å². The zero-order valence-electron chi connectivity index (χ0n) is 34.9. The molecule has 0 aromatic carbocycles. The number of aliphatic hydroxyl groups is 2. The molecule has 3 N–H and O–H groups in total. The molecule has 10 nitrogen and oxygen atoms in total. The zero-order chi connectivity index (χ0) is 40.5. The molecular weight excluding hydrogens is 719 g/mol. The van der Waals surface area contributed by atoms with Gasteiger partial charge in [-0.15, -0.1) is 0 Å². The fraction of sp³-hybridized carbons (Fsp3) is 0.818. The van der Waals surface area contributed by atoms with Crippen LogP contribution in [0.25, 0.3) is 0 Å². The highest BCUT2D eigenvalue weighted by Gasteiger charge is 2.27. The van der Waals surface area contributed by atoms with Crippen molar-refractivity contribution in [1.82, 2.24) is 0 Å². The Hall–Kier alpha value is -1.81. The van der Waals surface area contributed by atoms with Gasteiger partial charge < -0.3 is 24.6 Å². The second-order valence-corrected chi connectivity index (χ2v) is 16.2. The van der Waals surface area contributed by atoms with Crippen molar-refractivity contribution in [3.63, 3.8) is 0 Å². The summed E-state index contributed by atoms with van der Waals surface area (Å²) in [5, 5.41) is 18.3. The Bertz CT molecular complexity index is 1010. The second kappa shape index (κ2) is 40.4. The SMILES string of the molecule is CCCCCCCC/C=C/C/C=C/CCCCC(=O)O[C@H](COC(=O)CCCCCCCCC/C=C/CCCCCCCC)COP(=O)(O)OC[C@@H](O)CO. The highest BCUT2D eigenvalue weighted by Crippen LogP contribution is 2.43. The van der Waals surface area contributed by atoms with Crippen LogP contribution in [0, 0.1) is 0 Å². The minimum absolute atomic E-state index is 0.141. The summed E-state index contributed by atoms with van der Waals surface area (Å²) < 4.78 is 32.7. The first-order valence-corrected chi connectivity index (χ1v) is 23.4. The Balaban J connectivity index is 4.33. The van der Waals surface area contributed by atoms with E-state index in [9.17, 15) is 24.2 Å². The lowest BCUT2D eigenvalue weighted by Crippen LogP contribution is -2.29. The fourth-order valence-electron chi connectivity index (χ4n) is 5.84. The summed E-state index contributed by atoms with van der Waals surface area (Å²) in [5.74, 6) is -0.966. The molecule has 0 saturated heterocycles. The zero-order valence-corrected chi connectivity index (χ0v) is 35.8. The fourth-order valence-corrected chi connectivity index (χ4v) is 6.63. The van der Waals surface area contributed by atoms with Gasteiger partial charge in [-0.1, -0.05) is 147 Å². The maximum atomic E-state index is 12.6. The monoisotopic (exact) mass is 801 g/mol. The van der Waals surface area contributed by atoms with E-state index in [4.69, 9.17) is 19.1 Å². The average Bonchev–Trinajstić information content (AvgIpc) is 3.17. The van der Waals surface area contributed by atoms with Gasteiger partial charge in [0.2, 0.25) is 0 Å². The molecule has 0 heterocycles. The van der Waals surface area contributed by atoms with Crippen LogP contribution < -0.4 is 0 Å². The van der Waals surface area contributed by atoms with Gasteiger partial charge >= 0.3 is 19.8 Å². The van der Waals surface area contributed by atoms with Crippen molar-refractivity contribution in [3.8, 4) is 0 Å². The number of carbonyl (C=O) groups is 2. The summed E-state index contributed by atoms with van der Waals surface area (Å²) in [6.07, 6.45) is 41.1. The molecular formula is C44H81O10P. The third-order valence-electron chi connectivity index (χ3n) is 9.27. The number of aliphatic hydroxyl groups excluding tert-OH is 2. The standard InChI is InChI=1S/C44H81O10P/c1-3-5-7-9-11-13-15-17-19-20-22-23-25-27-29-31-33-35-43(47)51-39-42(40-53-55(49,50)52-38-41(46)37-45)54-44(48)36-34-32-30-28-26-24-21-18-16-14-12-10-8-6-4-2/h17-19,21,26,28,41-42,45-46H,3-16,20,22-25,27,29-40H2,1-2H3,(H,49,50)/b19-17+,21-18+,28-26+/t41-,42+/m0/s1. The van der Waals surface area contributed by atoms with E-state index in [-0.39, 0.29) is 19.4 Å². The molecule has 3 atom stereocenters. The second-order valence-electron chi connectivity index (χ2n) is 14.7. The Kier molecular flexibility index (Phi) is 39.1. The lowest BCUT2D eigenvalue weighted by Gasteiger charge is -2.20. The van der Waals surface area contributed by atoms with Crippen LogP contribution in [0.3, 0.4) is 0 Å². The van der Waals surface area contributed by atoms with E-state index in [1.54, 1.807) is 0 Å². The molecule has 0 fully saturated rings. The molecule has 0 aromatic heterocycles. The number of unbranched alkanes of at least 4 members (excludes halogenated alkanes) is 21. The smallest absolute Gasteiger partial charge is 0.462 e. The summed E-state index contributed by atoms with van der Waals surface area (Å²) in [4.78, 5) is 35.0. The highest BCUT2D eigenvalue weighted by molar-refractivity contribution is 7.47. The number of hydrogen-bond donors (Lipinski definition) is 3. The van der Waals surface area contributed by atoms with Gasteiger partial charge in [0.25, 0.3) is 0 Å². The summed E-state index contributed by atoms with van der Waals surface area (Å²) in [5.41, 5.74) is 0. The first-order valence-electron chi connectivity index (χ1n) is 21.9. The van der Waals surface area contributed by atoms with Crippen molar-refractivity contribution in [2.75, 3.05) is 26.4 Å². The summed E-state index contributed by atoms with van der Waals surface area (Å²) >= 11 is 0. The molecule has 0 rings (SSSR count). The van der Waals surface area contributed by atoms with Gasteiger partial charge in [-0.25, -0.2) is 4.57 Å². The van der Waals surface area contributed by atoms with Crippen LogP contribution in [0.4, 0.5) is 0 Å². The van der Waals surface area contributed by atoms with Crippen molar-refractivity contribution in [3.05, 3.63) is 36.5 Å². The van der Waals surface area contributed by atoms with Gasteiger partial charge in [0.15, 0.2) is 6.10 Å². The predicted molar refractivity (Wildman–Crippen MR) is 224 cm³/mol. The Morgan fingerprint density at radius 3 is 1.45 bits per heavy atom. The predicted octanol–water partition coefficient (Wildman–Crippen LogP) is 11.6. The molecule has 0 aliphatic heterocycles. The van der Waals surface area contributed by atoms with Crippen LogP contribution in [0.1, 0.15) is 194 Å². The molecule has 11 heteroatoms. The molecule has 0 spiro atoms. The Labute approximate surface area is 335 Å². The molecule has 322 valence electrons. The van der Waals surface area contributed by atoms with E-state index < -0.39 is 51.8 Å². The first-order chi connectivity index (χ1) is 26.7. The summed E-state index contributed by atoms with van der Waals surface area (Å²) in [7, 11) is -4.62. The third-order valence-corrected chi connectivity index (χ3v) is 10.2. The van der Waals surface area contributed by atoms with Crippen LogP contribution >= 0.6 is 7.82 Å². The number of phosphoric acid groups is 1. The van der Waals surface area contributed by atoms with E-state index in [1.807, 2.05) is 0 Å². The van der Waals surface area contributed by atoms with Gasteiger partial charge in [-0.05, 0) is 70.6 Å². The van der Waals surface area contributed by atoms with Crippen molar-refractivity contribution in [1.29, 1.82) is 0 Å². The molecule has 1 unspecified atom stereocenters. The topological polar surface area (TPSA) is 149 Å². The number of rotatable bonds is 41. The molecule has 0 aliphatic carbocycles. The van der Waals surface area contributed by atoms with Gasteiger partial charge in [0, 0.05) is 12.8 Å². The molecule has 0 bridgehead atoms. The first kappa shape index (κ1) is 53.2. The summed E-state index contributed by atoms with van der Waals surface area (Å²) in [6.45, 7) is 2.33. The van der Waals surface area contributed by atoms with E-state index >= 15 is 0 Å². The number of esters is 2. The van der Waals surface area contributed by atoms with E-state index in [2.05, 4.69) is 54.8 Å². The van der Waals surface area contributed by atoms with Crippen molar-refractivity contribution >= 4 is 19.8 Å². The molecule has 0 amide bonds. The van der Waals surface area contributed by atoms with Crippen LogP contribution in [-0.2, 0) is 32.7 Å². The summed E-state index contributed by atoms with van der Waals surface area (Å²) in [6, 6.07) is 0. The van der Waals surface area contributed by atoms with Crippen molar-refractivity contribution < 1.29 is 47.8 Å². The third kappa shape index (κ3) is 40.2. The number of carbonyl (C=O) groups excluding carboxylic acids is 2. The Morgan fingerprint density at radius 2 is 0.945 bits per heavy atom. The van der Waals surface area contributed by atoms with Crippen LogP contribution in [0.2, 0.25) is 0 Å². The highest BCUT2D eigenvalue weighted by atomic mass is 31.2. The normalized spacial score (nSPS) is 14.2. The van der Waals surface area contributed by atoms with Crippen molar-refractivity contribution in [2.45, 2.75) is 206 Å². The Morgan fingerprint density at radius 1 is 0.545 bits per heavy atom. The minimum Gasteiger partial charge on any atom is -0.462 e. The number of ether oxygens (including phenoxy) is 2. The minimum atomic E-state index is -4.62. The quantitative estimate of drug-likeness (QED) is 0.0236. The maximum Gasteiger partial charge on any atom is 0.472 e.